The van der Waals surface area contributed by atoms with Crippen molar-refractivity contribution < 1.29 is 4.79 Å². The zero-order valence-corrected chi connectivity index (χ0v) is 18.3. The van der Waals surface area contributed by atoms with Gasteiger partial charge in [0, 0.05) is 30.3 Å². The van der Waals surface area contributed by atoms with Crippen LogP contribution in [-0.4, -0.2) is 33.1 Å². The van der Waals surface area contributed by atoms with Gasteiger partial charge < -0.3 is 10.2 Å². The van der Waals surface area contributed by atoms with Crippen LogP contribution in [0, 0.1) is 6.92 Å². The van der Waals surface area contributed by atoms with Crippen molar-refractivity contribution in [2.24, 2.45) is 0 Å². The van der Waals surface area contributed by atoms with Gasteiger partial charge in [-0.1, -0.05) is 29.0 Å². The van der Waals surface area contributed by atoms with E-state index in [0.717, 1.165) is 36.1 Å². The first-order chi connectivity index (χ1) is 14.4. The van der Waals surface area contributed by atoms with Crippen LogP contribution >= 0.6 is 22.9 Å². The van der Waals surface area contributed by atoms with E-state index in [1.165, 1.54) is 15.9 Å². The molecule has 0 aliphatic carbocycles. The van der Waals surface area contributed by atoms with Gasteiger partial charge in [-0.3, -0.25) is 18.7 Å². The van der Waals surface area contributed by atoms with E-state index >= 15 is 0 Å². The second-order valence-electron chi connectivity index (χ2n) is 7.22. The van der Waals surface area contributed by atoms with Gasteiger partial charge in [0.2, 0.25) is 5.91 Å². The molecular formula is C20H22ClN5O3S. The molecule has 10 heteroatoms. The van der Waals surface area contributed by atoms with Crippen LogP contribution in [0.3, 0.4) is 0 Å². The van der Waals surface area contributed by atoms with Gasteiger partial charge in [0.25, 0.3) is 5.56 Å². The van der Waals surface area contributed by atoms with Gasteiger partial charge in [-0.15, -0.1) is 0 Å². The summed E-state index contributed by atoms with van der Waals surface area (Å²) < 4.78 is 2.82. The largest absolute Gasteiger partial charge is 0.348 e. The minimum absolute atomic E-state index is 0.222. The molecule has 30 heavy (non-hydrogen) atoms. The number of carbonyl (C=O) groups is 1. The van der Waals surface area contributed by atoms with Crippen molar-refractivity contribution in [3.05, 3.63) is 49.6 Å². The Hall–Kier alpha value is -2.65. The lowest BCUT2D eigenvalue weighted by Gasteiger charge is -2.13. The lowest BCUT2D eigenvalue weighted by Crippen LogP contribution is -2.41. The predicted molar refractivity (Wildman–Crippen MR) is 120 cm³/mol. The topological polar surface area (TPSA) is 89.2 Å². The van der Waals surface area contributed by atoms with E-state index in [1.54, 1.807) is 25.1 Å². The second kappa shape index (κ2) is 8.23. The molecule has 1 aliphatic rings. The number of rotatable bonds is 5. The predicted octanol–water partition coefficient (Wildman–Crippen LogP) is 2.84. The van der Waals surface area contributed by atoms with Crippen molar-refractivity contribution >= 4 is 50.0 Å². The number of benzene rings is 1. The fourth-order valence-electron chi connectivity index (χ4n) is 3.61. The van der Waals surface area contributed by atoms with Gasteiger partial charge >= 0.3 is 5.69 Å². The summed E-state index contributed by atoms with van der Waals surface area (Å²) in [6.07, 6.45) is 2.15. The van der Waals surface area contributed by atoms with E-state index in [-0.39, 0.29) is 30.2 Å². The molecule has 1 aliphatic heterocycles. The molecule has 4 rings (SSSR count). The molecule has 0 radical (unpaired) electrons. The molecule has 1 amide bonds. The summed E-state index contributed by atoms with van der Waals surface area (Å²) >= 11 is 7.41. The summed E-state index contributed by atoms with van der Waals surface area (Å²) in [6.45, 7) is 5.27. The third-order valence-corrected chi connectivity index (χ3v) is 6.79. The molecule has 1 N–H and O–H groups in total. The average Bonchev–Trinajstić information content (AvgIpc) is 3.39. The van der Waals surface area contributed by atoms with Gasteiger partial charge in [-0.2, -0.15) is 0 Å². The molecule has 1 aromatic carbocycles. The summed E-state index contributed by atoms with van der Waals surface area (Å²) in [4.78, 5) is 45.2. The Bertz CT molecular complexity index is 1240. The quantitative estimate of drug-likeness (QED) is 0.649. The van der Waals surface area contributed by atoms with Gasteiger partial charge in [-0.05, 0) is 44.4 Å². The third kappa shape index (κ3) is 3.63. The molecule has 3 heterocycles. The van der Waals surface area contributed by atoms with E-state index in [2.05, 4.69) is 15.2 Å². The van der Waals surface area contributed by atoms with Gasteiger partial charge in [0.05, 0.1) is 0 Å². The van der Waals surface area contributed by atoms with E-state index < -0.39 is 5.69 Å². The molecule has 158 valence electrons. The summed E-state index contributed by atoms with van der Waals surface area (Å²) in [6, 6.07) is 5.24. The van der Waals surface area contributed by atoms with E-state index in [9.17, 15) is 14.4 Å². The first-order valence-corrected chi connectivity index (χ1v) is 11.0. The third-order valence-electron chi connectivity index (χ3n) is 5.29. The second-order valence-corrected chi connectivity index (χ2v) is 8.61. The van der Waals surface area contributed by atoms with Gasteiger partial charge in [0.15, 0.2) is 10.8 Å². The Balaban J connectivity index is 1.75. The van der Waals surface area contributed by atoms with Crippen LogP contribution < -0.4 is 21.5 Å². The highest BCUT2D eigenvalue weighted by Crippen LogP contribution is 2.28. The number of halogens is 1. The van der Waals surface area contributed by atoms with Crippen LogP contribution in [0.5, 0.6) is 0 Å². The van der Waals surface area contributed by atoms with Crippen LogP contribution in [0.1, 0.15) is 25.3 Å². The average molecular weight is 448 g/mol. The normalized spacial score (nSPS) is 13.9. The Morgan fingerprint density at radius 1 is 1.23 bits per heavy atom. The van der Waals surface area contributed by atoms with Gasteiger partial charge in [-0.25, -0.2) is 9.78 Å². The van der Waals surface area contributed by atoms with Crippen molar-refractivity contribution in [3.8, 4) is 0 Å². The molecule has 3 aromatic rings. The fourth-order valence-corrected chi connectivity index (χ4v) is 4.86. The summed E-state index contributed by atoms with van der Waals surface area (Å²) in [7, 11) is 0. The van der Waals surface area contributed by atoms with Crippen LogP contribution in [0.15, 0.2) is 27.8 Å². The minimum atomic E-state index is -0.536. The van der Waals surface area contributed by atoms with Crippen LogP contribution in [0.2, 0.25) is 5.02 Å². The number of fused-ring (bicyclic) bond motifs is 1. The highest BCUT2D eigenvalue weighted by atomic mass is 35.5. The molecular weight excluding hydrogens is 426 g/mol. The Morgan fingerprint density at radius 2 is 1.97 bits per heavy atom. The molecule has 2 aromatic heterocycles. The Labute approximate surface area is 181 Å². The molecule has 1 saturated heterocycles. The standard InChI is InChI=1S/C20H22ClN5O3S/c1-3-25-18(28)16-17(23-19(30-16)24-9-4-5-10-24)26(20(25)29)11-15(27)22-14-8-6-7-13(21)12(14)2/h6-8H,3-5,9-11H2,1-2H3,(H,22,27). The zero-order valence-electron chi connectivity index (χ0n) is 16.8. The zero-order chi connectivity index (χ0) is 21.4. The number of aromatic nitrogens is 3. The number of nitrogens with zero attached hydrogens (tertiary/aromatic N) is 4. The maximum absolute atomic E-state index is 13.0. The van der Waals surface area contributed by atoms with Gasteiger partial charge in [0.1, 0.15) is 11.2 Å². The summed E-state index contributed by atoms with van der Waals surface area (Å²) in [5.41, 5.74) is 0.693. The Kier molecular flexibility index (Phi) is 5.66. The minimum Gasteiger partial charge on any atom is -0.348 e. The molecule has 0 atom stereocenters. The van der Waals surface area contributed by atoms with Crippen molar-refractivity contribution in [3.63, 3.8) is 0 Å². The van der Waals surface area contributed by atoms with Crippen LogP contribution in [0.4, 0.5) is 10.8 Å². The van der Waals surface area contributed by atoms with E-state index in [1.807, 2.05) is 6.92 Å². The fraction of sp³-hybridized carbons (Fsp3) is 0.400. The van der Waals surface area contributed by atoms with Crippen molar-refractivity contribution in [2.75, 3.05) is 23.3 Å². The first-order valence-electron chi connectivity index (χ1n) is 9.84. The number of hydrogen-bond acceptors (Lipinski definition) is 6. The maximum Gasteiger partial charge on any atom is 0.333 e. The molecule has 0 spiro atoms. The van der Waals surface area contributed by atoms with Crippen LogP contribution in [-0.2, 0) is 17.9 Å². The van der Waals surface area contributed by atoms with Crippen LogP contribution in [0.25, 0.3) is 10.3 Å². The Morgan fingerprint density at radius 3 is 2.67 bits per heavy atom. The number of thiazole rings is 1. The molecule has 1 fully saturated rings. The van der Waals surface area contributed by atoms with Crippen molar-refractivity contribution in [1.82, 2.24) is 14.1 Å². The summed E-state index contributed by atoms with van der Waals surface area (Å²) in [5, 5.41) is 4.06. The maximum atomic E-state index is 13.0. The van der Waals surface area contributed by atoms with E-state index in [4.69, 9.17) is 11.6 Å². The summed E-state index contributed by atoms with van der Waals surface area (Å²) in [5.74, 6) is -0.388. The number of carbonyl (C=O) groups excluding carboxylic acids is 1. The smallest absolute Gasteiger partial charge is 0.333 e. The number of nitrogens with one attached hydrogen (secondary N) is 1. The number of hydrogen-bond donors (Lipinski definition) is 1. The molecule has 0 bridgehead atoms. The number of anilines is 2. The lowest BCUT2D eigenvalue weighted by molar-refractivity contribution is -0.116. The van der Waals surface area contributed by atoms with Crippen molar-refractivity contribution in [1.29, 1.82) is 0 Å². The van der Waals surface area contributed by atoms with Crippen molar-refractivity contribution in [2.45, 2.75) is 39.8 Å². The lowest BCUT2D eigenvalue weighted by atomic mass is 10.2. The molecule has 8 nitrogen and oxygen atoms in total. The molecule has 0 unspecified atom stereocenters. The SMILES string of the molecule is CCn1c(=O)c2sc(N3CCCC3)nc2n(CC(=O)Nc2cccc(Cl)c2C)c1=O. The first kappa shape index (κ1) is 20.6. The van der Waals surface area contributed by atoms with E-state index in [0.29, 0.717) is 20.5 Å². The highest BCUT2D eigenvalue weighted by Gasteiger charge is 2.23. The molecule has 0 saturated carbocycles. The monoisotopic (exact) mass is 447 g/mol. The number of amides is 1. The highest BCUT2D eigenvalue weighted by molar-refractivity contribution is 7.22.